The zero-order valence-electron chi connectivity index (χ0n) is 23.3. The Kier molecular flexibility index (Phi) is 8.53. The lowest BCUT2D eigenvalue weighted by molar-refractivity contribution is 0.0325. The first-order chi connectivity index (χ1) is 19.4. The number of benzene rings is 2. The van der Waals surface area contributed by atoms with E-state index in [-0.39, 0.29) is 30.6 Å². The molecule has 2 aromatic heterocycles. The van der Waals surface area contributed by atoms with E-state index in [1.807, 2.05) is 31.2 Å². The molecule has 2 aromatic carbocycles. The molecule has 0 radical (unpaired) electrons. The van der Waals surface area contributed by atoms with Gasteiger partial charge in [0, 0.05) is 55.3 Å². The molecule has 0 fully saturated rings. The highest BCUT2D eigenvalue weighted by atomic mass is 16.5. The Hall–Kier alpha value is -4.07. The highest BCUT2D eigenvalue weighted by Gasteiger charge is 2.34. The number of rotatable bonds is 8. The lowest BCUT2D eigenvalue weighted by Gasteiger charge is -2.37. The van der Waals surface area contributed by atoms with Gasteiger partial charge in [0.1, 0.15) is 11.7 Å². The molecule has 1 N–H and O–H groups in total. The molecule has 7 nitrogen and oxygen atoms in total. The summed E-state index contributed by atoms with van der Waals surface area (Å²) in [6, 6.07) is 24.3. The van der Waals surface area contributed by atoms with E-state index in [1.165, 1.54) is 16.7 Å². The van der Waals surface area contributed by atoms with Crippen LogP contribution in [-0.4, -0.2) is 69.7 Å². The standard InChI is InChI=1S/C33H36N4O3/c1-23-19-37(24(2)22-38)33(39)30-16-29(28-10-7-15-34-17-28)18-35-32(30)40-31(23)21-36(3)20-25-11-13-27(14-12-25)26-8-5-4-6-9-26/h4-18,23-24,31,38H,19-22H2,1-3H3/t23-,24-,31+/m0/s1. The van der Waals surface area contributed by atoms with Crippen molar-refractivity contribution in [2.75, 3.05) is 26.7 Å². The van der Waals surface area contributed by atoms with Crippen molar-refractivity contribution in [1.82, 2.24) is 19.8 Å². The van der Waals surface area contributed by atoms with Crippen LogP contribution in [0.2, 0.25) is 0 Å². The Bertz CT molecular complexity index is 1410. The zero-order chi connectivity index (χ0) is 28.1. The van der Waals surface area contributed by atoms with Gasteiger partial charge < -0.3 is 14.7 Å². The number of carbonyl (C=O) groups excluding carboxylic acids is 1. The summed E-state index contributed by atoms with van der Waals surface area (Å²) in [5, 5.41) is 9.94. The number of carbonyl (C=O) groups is 1. The average molecular weight is 537 g/mol. The zero-order valence-corrected chi connectivity index (χ0v) is 23.3. The van der Waals surface area contributed by atoms with Crippen LogP contribution in [0.4, 0.5) is 0 Å². The monoisotopic (exact) mass is 536 g/mol. The second-order valence-corrected chi connectivity index (χ2v) is 10.7. The van der Waals surface area contributed by atoms with Gasteiger partial charge in [-0.1, -0.05) is 67.6 Å². The smallest absolute Gasteiger partial charge is 0.259 e. The number of aliphatic hydroxyl groups is 1. The lowest BCUT2D eigenvalue weighted by atomic mass is 9.99. The summed E-state index contributed by atoms with van der Waals surface area (Å²) in [6.07, 6.45) is 4.98. The number of amides is 1. The Labute approximate surface area is 236 Å². The molecule has 3 atom stereocenters. The lowest BCUT2D eigenvalue weighted by Crippen LogP contribution is -2.49. The highest BCUT2D eigenvalue weighted by molar-refractivity contribution is 5.98. The fourth-order valence-electron chi connectivity index (χ4n) is 5.13. The number of hydrogen-bond donors (Lipinski definition) is 1. The van der Waals surface area contributed by atoms with E-state index < -0.39 is 0 Å². The highest BCUT2D eigenvalue weighted by Crippen LogP contribution is 2.30. The number of aromatic nitrogens is 2. The minimum atomic E-state index is -0.329. The van der Waals surface area contributed by atoms with E-state index in [1.54, 1.807) is 23.5 Å². The van der Waals surface area contributed by atoms with Crippen LogP contribution in [0, 0.1) is 5.92 Å². The fraction of sp³-hybridized carbons (Fsp3) is 0.303. The van der Waals surface area contributed by atoms with Crippen molar-refractivity contribution < 1.29 is 14.6 Å². The third kappa shape index (κ3) is 6.22. The SMILES string of the molecule is C[C@H]1CN([C@@H](C)CO)C(=O)c2cc(-c3cccnc3)cnc2O[C@@H]1CN(C)Cc1ccc(-c2ccccc2)cc1. The summed E-state index contributed by atoms with van der Waals surface area (Å²) >= 11 is 0. The van der Waals surface area contributed by atoms with Crippen molar-refractivity contribution in [3.63, 3.8) is 0 Å². The van der Waals surface area contributed by atoms with Crippen molar-refractivity contribution in [1.29, 1.82) is 0 Å². The van der Waals surface area contributed by atoms with E-state index in [0.717, 1.165) is 17.7 Å². The van der Waals surface area contributed by atoms with Crippen molar-refractivity contribution in [2.24, 2.45) is 5.92 Å². The molecular formula is C33H36N4O3. The van der Waals surface area contributed by atoms with Crippen LogP contribution in [0.15, 0.2) is 91.4 Å². The number of aliphatic hydroxyl groups excluding tert-OH is 1. The predicted octanol–water partition coefficient (Wildman–Crippen LogP) is 5.16. The second-order valence-electron chi connectivity index (χ2n) is 10.7. The Balaban J connectivity index is 1.37. The van der Waals surface area contributed by atoms with E-state index in [0.29, 0.717) is 24.5 Å². The van der Waals surface area contributed by atoms with Crippen LogP contribution >= 0.6 is 0 Å². The molecule has 206 valence electrons. The summed E-state index contributed by atoms with van der Waals surface area (Å²) in [5.74, 6) is 0.158. The molecule has 1 aliphatic rings. The van der Waals surface area contributed by atoms with Gasteiger partial charge in [0.25, 0.3) is 5.91 Å². The third-order valence-corrected chi connectivity index (χ3v) is 7.52. The largest absolute Gasteiger partial charge is 0.472 e. The van der Waals surface area contributed by atoms with Gasteiger partial charge in [-0.25, -0.2) is 4.98 Å². The van der Waals surface area contributed by atoms with Crippen LogP contribution in [0.25, 0.3) is 22.3 Å². The van der Waals surface area contributed by atoms with Gasteiger partial charge in [0.05, 0.1) is 12.6 Å². The van der Waals surface area contributed by atoms with Crippen LogP contribution in [-0.2, 0) is 6.54 Å². The number of fused-ring (bicyclic) bond motifs is 1. The molecule has 7 heteroatoms. The van der Waals surface area contributed by atoms with Crippen molar-refractivity contribution in [2.45, 2.75) is 32.5 Å². The molecule has 0 bridgehead atoms. The van der Waals surface area contributed by atoms with Crippen LogP contribution in [0.5, 0.6) is 5.88 Å². The van der Waals surface area contributed by atoms with Crippen LogP contribution in [0.3, 0.4) is 0 Å². The number of hydrogen-bond acceptors (Lipinski definition) is 6. The summed E-state index contributed by atoms with van der Waals surface area (Å²) in [5.41, 5.74) is 5.68. The van der Waals surface area contributed by atoms with Gasteiger partial charge in [0.2, 0.25) is 5.88 Å². The van der Waals surface area contributed by atoms with Crippen molar-refractivity contribution in [3.05, 3.63) is 103 Å². The van der Waals surface area contributed by atoms with E-state index in [9.17, 15) is 9.90 Å². The van der Waals surface area contributed by atoms with Crippen LogP contribution < -0.4 is 4.74 Å². The molecule has 0 saturated carbocycles. The maximum absolute atomic E-state index is 13.7. The first kappa shape index (κ1) is 27.5. The molecule has 3 heterocycles. The minimum absolute atomic E-state index is 0.0220. The van der Waals surface area contributed by atoms with E-state index in [2.05, 4.69) is 77.4 Å². The number of nitrogens with zero attached hydrogens (tertiary/aromatic N) is 4. The molecular weight excluding hydrogens is 500 g/mol. The summed E-state index contributed by atoms with van der Waals surface area (Å²) in [6.45, 7) is 5.73. The molecule has 0 aliphatic carbocycles. The summed E-state index contributed by atoms with van der Waals surface area (Å²) in [4.78, 5) is 26.5. The molecule has 40 heavy (non-hydrogen) atoms. The molecule has 0 unspecified atom stereocenters. The van der Waals surface area contributed by atoms with E-state index in [4.69, 9.17) is 4.74 Å². The number of ether oxygens (including phenoxy) is 1. The van der Waals surface area contributed by atoms with Gasteiger partial charge in [0.15, 0.2) is 0 Å². The maximum atomic E-state index is 13.7. The van der Waals surface area contributed by atoms with Gasteiger partial charge in [-0.2, -0.15) is 0 Å². The second kappa shape index (κ2) is 12.4. The molecule has 0 spiro atoms. The van der Waals surface area contributed by atoms with Gasteiger partial charge in [-0.05, 0) is 42.8 Å². The van der Waals surface area contributed by atoms with Gasteiger partial charge in [-0.15, -0.1) is 0 Å². The third-order valence-electron chi connectivity index (χ3n) is 7.52. The molecule has 0 saturated heterocycles. The molecule has 4 aromatic rings. The summed E-state index contributed by atoms with van der Waals surface area (Å²) in [7, 11) is 2.08. The van der Waals surface area contributed by atoms with Crippen molar-refractivity contribution in [3.8, 4) is 28.1 Å². The first-order valence-corrected chi connectivity index (χ1v) is 13.7. The van der Waals surface area contributed by atoms with Crippen LogP contribution in [0.1, 0.15) is 29.8 Å². The fourth-order valence-corrected chi connectivity index (χ4v) is 5.13. The predicted molar refractivity (Wildman–Crippen MR) is 157 cm³/mol. The Morgan fingerprint density at radius 1 is 1.00 bits per heavy atom. The van der Waals surface area contributed by atoms with Gasteiger partial charge in [-0.3, -0.25) is 14.7 Å². The molecule has 1 amide bonds. The van der Waals surface area contributed by atoms with Gasteiger partial charge >= 0.3 is 0 Å². The number of pyridine rings is 2. The minimum Gasteiger partial charge on any atom is -0.472 e. The van der Waals surface area contributed by atoms with Crippen molar-refractivity contribution >= 4 is 5.91 Å². The Morgan fingerprint density at radius 3 is 2.42 bits per heavy atom. The number of likely N-dealkylation sites (N-methyl/N-ethyl adjacent to an activating group) is 1. The molecule has 5 rings (SSSR count). The topological polar surface area (TPSA) is 78.8 Å². The first-order valence-electron chi connectivity index (χ1n) is 13.7. The van der Waals surface area contributed by atoms with E-state index >= 15 is 0 Å². The normalized spacial score (nSPS) is 18.0. The summed E-state index contributed by atoms with van der Waals surface area (Å²) < 4.78 is 6.48. The Morgan fingerprint density at radius 2 is 1.73 bits per heavy atom. The molecule has 1 aliphatic heterocycles. The average Bonchev–Trinajstić information content (AvgIpc) is 2.99. The quantitative estimate of drug-likeness (QED) is 0.335. The maximum Gasteiger partial charge on any atom is 0.259 e.